The number of benzene rings is 1. The first kappa shape index (κ1) is 15.9. The van der Waals surface area contributed by atoms with E-state index in [0.717, 1.165) is 29.9 Å². The summed E-state index contributed by atoms with van der Waals surface area (Å²) in [7, 11) is -3.59. The SMILES string of the molecule is CC(C)NCCc1ccc(S(=O)(=O)Nc2nncs2)cc1. The Balaban J connectivity index is 2.01. The maximum absolute atomic E-state index is 12.1. The van der Waals surface area contributed by atoms with Crippen LogP contribution in [-0.2, 0) is 16.4 Å². The zero-order chi connectivity index (χ0) is 15.3. The van der Waals surface area contributed by atoms with E-state index in [9.17, 15) is 8.42 Å². The van der Waals surface area contributed by atoms with E-state index in [2.05, 4.69) is 34.1 Å². The van der Waals surface area contributed by atoms with Crippen molar-refractivity contribution in [2.24, 2.45) is 0 Å². The molecule has 0 aliphatic rings. The second-order valence-electron chi connectivity index (χ2n) is 4.85. The molecule has 0 bridgehead atoms. The zero-order valence-electron chi connectivity index (χ0n) is 11.9. The lowest BCUT2D eigenvalue weighted by Crippen LogP contribution is -2.24. The van der Waals surface area contributed by atoms with Crippen molar-refractivity contribution >= 4 is 26.5 Å². The van der Waals surface area contributed by atoms with Crippen molar-refractivity contribution in [1.29, 1.82) is 0 Å². The van der Waals surface area contributed by atoms with Crippen molar-refractivity contribution in [3.8, 4) is 0 Å². The lowest BCUT2D eigenvalue weighted by atomic mass is 10.1. The Bertz CT molecular complexity index is 652. The Kier molecular flexibility index (Phi) is 5.27. The van der Waals surface area contributed by atoms with Gasteiger partial charge in [-0.15, -0.1) is 10.2 Å². The Hall–Kier alpha value is -1.51. The molecule has 2 rings (SSSR count). The van der Waals surface area contributed by atoms with Crippen LogP contribution in [0.2, 0.25) is 0 Å². The highest BCUT2D eigenvalue weighted by atomic mass is 32.2. The van der Waals surface area contributed by atoms with Gasteiger partial charge in [-0.05, 0) is 30.7 Å². The topological polar surface area (TPSA) is 84.0 Å². The summed E-state index contributed by atoms with van der Waals surface area (Å²) in [5.74, 6) is 0. The molecule has 21 heavy (non-hydrogen) atoms. The standard InChI is InChI=1S/C13H18N4O2S2/c1-10(2)14-8-7-11-3-5-12(6-4-11)21(18,19)17-13-16-15-9-20-13/h3-6,9-10,14H,7-8H2,1-2H3,(H,16,17). The molecule has 8 heteroatoms. The Labute approximate surface area is 128 Å². The fourth-order valence-corrected chi connectivity index (χ4v) is 3.42. The molecule has 0 aliphatic carbocycles. The average Bonchev–Trinajstić information content (AvgIpc) is 2.91. The van der Waals surface area contributed by atoms with Gasteiger partial charge in [0.2, 0.25) is 5.13 Å². The first-order valence-electron chi connectivity index (χ1n) is 6.59. The highest BCUT2D eigenvalue weighted by molar-refractivity contribution is 7.93. The second kappa shape index (κ2) is 6.97. The largest absolute Gasteiger partial charge is 0.314 e. The molecule has 0 radical (unpaired) electrons. The summed E-state index contributed by atoms with van der Waals surface area (Å²) in [6, 6.07) is 7.32. The lowest BCUT2D eigenvalue weighted by molar-refractivity contribution is 0.590. The maximum atomic E-state index is 12.1. The highest BCUT2D eigenvalue weighted by Gasteiger charge is 2.15. The van der Waals surface area contributed by atoms with E-state index in [1.54, 1.807) is 12.1 Å². The van der Waals surface area contributed by atoms with Crippen LogP contribution in [-0.4, -0.2) is 31.2 Å². The minimum atomic E-state index is -3.59. The minimum Gasteiger partial charge on any atom is -0.314 e. The van der Waals surface area contributed by atoms with E-state index in [1.807, 2.05) is 12.1 Å². The van der Waals surface area contributed by atoms with Crippen LogP contribution in [0.25, 0.3) is 0 Å². The van der Waals surface area contributed by atoms with Crippen molar-refractivity contribution in [2.75, 3.05) is 11.3 Å². The highest BCUT2D eigenvalue weighted by Crippen LogP contribution is 2.17. The molecular weight excluding hydrogens is 308 g/mol. The number of hydrogen-bond acceptors (Lipinski definition) is 6. The van der Waals surface area contributed by atoms with Gasteiger partial charge in [0.15, 0.2) is 0 Å². The molecule has 114 valence electrons. The van der Waals surface area contributed by atoms with Gasteiger partial charge in [0, 0.05) is 6.04 Å². The first-order chi connectivity index (χ1) is 9.97. The van der Waals surface area contributed by atoms with E-state index in [0.29, 0.717) is 6.04 Å². The minimum absolute atomic E-state index is 0.221. The van der Waals surface area contributed by atoms with E-state index >= 15 is 0 Å². The predicted molar refractivity (Wildman–Crippen MR) is 84.0 cm³/mol. The number of anilines is 1. The van der Waals surface area contributed by atoms with E-state index in [-0.39, 0.29) is 10.0 Å². The third kappa shape index (κ3) is 4.76. The smallest absolute Gasteiger partial charge is 0.263 e. The van der Waals surface area contributed by atoms with Crippen LogP contribution < -0.4 is 10.0 Å². The summed E-state index contributed by atoms with van der Waals surface area (Å²) in [6.07, 6.45) is 0.863. The molecule has 0 saturated heterocycles. The molecule has 0 unspecified atom stereocenters. The van der Waals surface area contributed by atoms with Gasteiger partial charge in [0.1, 0.15) is 5.51 Å². The van der Waals surface area contributed by atoms with Crippen LogP contribution in [0.15, 0.2) is 34.7 Å². The summed E-state index contributed by atoms with van der Waals surface area (Å²) < 4.78 is 26.7. The molecule has 0 spiro atoms. The van der Waals surface area contributed by atoms with Crippen LogP contribution >= 0.6 is 11.3 Å². The maximum Gasteiger partial charge on any atom is 0.263 e. The molecule has 0 aliphatic heterocycles. The Morgan fingerprint density at radius 1 is 1.24 bits per heavy atom. The first-order valence-corrected chi connectivity index (χ1v) is 8.95. The van der Waals surface area contributed by atoms with Crippen molar-refractivity contribution in [3.05, 3.63) is 35.3 Å². The normalized spacial score (nSPS) is 11.8. The number of hydrogen-bond donors (Lipinski definition) is 2. The van der Waals surface area contributed by atoms with Crippen LogP contribution in [0.1, 0.15) is 19.4 Å². The molecule has 2 aromatic rings. The summed E-state index contributed by atoms with van der Waals surface area (Å²) in [5.41, 5.74) is 2.57. The third-order valence-electron chi connectivity index (χ3n) is 2.78. The zero-order valence-corrected chi connectivity index (χ0v) is 13.5. The number of rotatable bonds is 7. The van der Waals surface area contributed by atoms with Gasteiger partial charge in [0.05, 0.1) is 4.90 Å². The fraction of sp³-hybridized carbons (Fsp3) is 0.385. The Morgan fingerprint density at radius 2 is 1.95 bits per heavy atom. The molecule has 1 aromatic carbocycles. The number of nitrogens with one attached hydrogen (secondary N) is 2. The molecule has 6 nitrogen and oxygen atoms in total. The van der Waals surface area contributed by atoms with E-state index in [4.69, 9.17) is 0 Å². The predicted octanol–water partition coefficient (Wildman–Crippen LogP) is 1.88. The van der Waals surface area contributed by atoms with Gasteiger partial charge in [0.25, 0.3) is 10.0 Å². The molecule has 1 heterocycles. The third-order valence-corrected chi connectivity index (χ3v) is 4.87. The quantitative estimate of drug-likeness (QED) is 0.811. The number of aromatic nitrogens is 2. The summed E-state index contributed by atoms with van der Waals surface area (Å²) >= 11 is 1.14. The van der Waals surface area contributed by atoms with Crippen LogP contribution in [0, 0.1) is 0 Å². The van der Waals surface area contributed by atoms with Gasteiger partial charge >= 0.3 is 0 Å². The fourth-order valence-electron chi connectivity index (χ4n) is 1.73. The van der Waals surface area contributed by atoms with Crippen LogP contribution in [0.5, 0.6) is 0 Å². The van der Waals surface area contributed by atoms with Crippen molar-refractivity contribution in [1.82, 2.24) is 15.5 Å². The van der Waals surface area contributed by atoms with Gasteiger partial charge in [-0.1, -0.05) is 37.3 Å². The number of sulfonamides is 1. The molecular formula is C13H18N4O2S2. The van der Waals surface area contributed by atoms with E-state index < -0.39 is 10.0 Å². The van der Waals surface area contributed by atoms with Crippen LogP contribution in [0.3, 0.4) is 0 Å². The van der Waals surface area contributed by atoms with Gasteiger partial charge in [-0.25, -0.2) is 8.42 Å². The van der Waals surface area contributed by atoms with Gasteiger partial charge < -0.3 is 5.32 Å². The molecule has 0 saturated carbocycles. The van der Waals surface area contributed by atoms with Gasteiger partial charge in [-0.3, -0.25) is 4.72 Å². The molecule has 0 fully saturated rings. The van der Waals surface area contributed by atoms with Gasteiger partial charge in [-0.2, -0.15) is 0 Å². The van der Waals surface area contributed by atoms with Crippen LogP contribution in [0.4, 0.5) is 5.13 Å². The second-order valence-corrected chi connectivity index (χ2v) is 7.37. The van der Waals surface area contributed by atoms with Crippen molar-refractivity contribution in [3.63, 3.8) is 0 Å². The van der Waals surface area contributed by atoms with E-state index in [1.165, 1.54) is 5.51 Å². The summed E-state index contributed by atoms with van der Waals surface area (Å²) in [4.78, 5) is 0.221. The van der Waals surface area contributed by atoms with Crippen molar-refractivity contribution < 1.29 is 8.42 Å². The Morgan fingerprint density at radius 3 is 2.52 bits per heavy atom. The summed E-state index contributed by atoms with van der Waals surface area (Å²) in [6.45, 7) is 5.05. The average molecular weight is 326 g/mol. The monoisotopic (exact) mass is 326 g/mol. The molecule has 2 N–H and O–H groups in total. The molecule has 0 atom stereocenters. The van der Waals surface area contributed by atoms with Crippen molar-refractivity contribution in [2.45, 2.75) is 31.2 Å². The molecule has 0 amide bonds. The number of nitrogens with zero attached hydrogens (tertiary/aromatic N) is 2. The summed E-state index contributed by atoms with van der Waals surface area (Å²) in [5, 5.41) is 10.9. The molecule has 1 aromatic heterocycles. The lowest BCUT2D eigenvalue weighted by Gasteiger charge is -2.09.